The highest BCUT2D eigenvalue weighted by atomic mass is 16.5. The van der Waals surface area contributed by atoms with Gasteiger partial charge in [0.25, 0.3) is 0 Å². The van der Waals surface area contributed by atoms with Crippen LogP contribution in [-0.4, -0.2) is 4.57 Å². The molecular formula is C16H19N3O. The zero-order chi connectivity index (χ0) is 14.7. The molecule has 0 amide bonds. The Hall–Kier alpha value is -2.41. The Bertz CT molecular complexity index is 652. The van der Waals surface area contributed by atoms with Crippen LogP contribution in [0.2, 0.25) is 0 Å². The molecule has 2 rings (SSSR count). The van der Waals surface area contributed by atoms with Crippen molar-refractivity contribution >= 4 is 5.69 Å². The Balaban J connectivity index is 2.49. The fourth-order valence-corrected chi connectivity index (χ4v) is 2.12. The van der Waals surface area contributed by atoms with E-state index in [4.69, 9.17) is 10.5 Å². The molecule has 0 saturated heterocycles. The first-order chi connectivity index (χ1) is 9.58. The normalized spacial score (nSPS) is 11.9. The standard InChI is InChI=1S/C16H19N3O/c1-4-12(3)19-13(10-17)9-14(18)16(19)20-15-8-6-5-7-11(15)2/h5-9,12H,4,18H2,1-3H3. The maximum Gasteiger partial charge on any atom is 0.224 e. The van der Waals surface area contributed by atoms with Crippen LogP contribution in [0.5, 0.6) is 11.6 Å². The number of benzene rings is 1. The molecular weight excluding hydrogens is 250 g/mol. The minimum atomic E-state index is 0.154. The van der Waals surface area contributed by atoms with E-state index >= 15 is 0 Å². The SMILES string of the molecule is CCC(C)n1c(C#N)cc(N)c1Oc1ccccc1C. The van der Waals surface area contributed by atoms with Gasteiger partial charge in [-0.2, -0.15) is 5.26 Å². The van der Waals surface area contributed by atoms with Gasteiger partial charge in [-0.05, 0) is 31.9 Å². The van der Waals surface area contributed by atoms with Gasteiger partial charge >= 0.3 is 0 Å². The van der Waals surface area contributed by atoms with Crippen molar-refractivity contribution in [2.75, 3.05) is 5.73 Å². The van der Waals surface area contributed by atoms with Crippen molar-refractivity contribution in [3.8, 4) is 17.7 Å². The van der Waals surface area contributed by atoms with Crippen LogP contribution in [-0.2, 0) is 0 Å². The van der Waals surface area contributed by atoms with Crippen molar-refractivity contribution in [2.24, 2.45) is 0 Å². The molecule has 0 aliphatic carbocycles. The van der Waals surface area contributed by atoms with Gasteiger partial charge in [-0.15, -0.1) is 0 Å². The Morgan fingerprint density at radius 3 is 2.70 bits per heavy atom. The van der Waals surface area contributed by atoms with E-state index in [2.05, 4.69) is 13.0 Å². The monoisotopic (exact) mass is 269 g/mol. The third-order valence-electron chi connectivity index (χ3n) is 3.46. The fraction of sp³-hybridized carbons (Fsp3) is 0.312. The number of aromatic nitrogens is 1. The first kappa shape index (κ1) is 14.0. The summed E-state index contributed by atoms with van der Waals surface area (Å²) in [5, 5.41) is 9.24. The van der Waals surface area contributed by atoms with Crippen LogP contribution in [0.4, 0.5) is 5.69 Å². The van der Waals surface area contributed by atoms with Crippen molar-refractivity contribution in [3.05, 3.63) is 41.6 Å². The molecule has 4 nitrogen and oxygen atoms in total. The van der Waals surface area contributed by atoms with Crippen molar-refractivity contribution in [3.63, 3.8) is 0 Å². The van der Waals surface area contributed by atoms with Crippen LogP contribution in [0.3, 0.4) is 0 Å². The zero-order valence-corrected chi connectivity index (χ0v) is 12.1. The second kappa shape index (κ2) is 5.70. The lowest BCUT2D eigenvalue weighted by atomic mass is 10.2. The molecule has 1 aromatic carbocycles. The van der Waals surface area contributed by atoms with Gasteiger partial charge in [0.15, 0.2) is 0 Å². The summed E-state index contributed by atoms with van der Waals surface area (Å²) in [6.07, 6.45) is 0.896. The van der Waals surface area contributed by atoms with Crippen LogP contribution in [0.25, 0.3) is 0 Å². The van der Waals surface area contributed by atoms with E-state index in [9.17, 15) is 5.26 Å². The van der Waals surface area contributed by atoms with Gasteiger partial charge in [0.05, 0.1) is 5.69 Å². The van der Waals surface area contributed by atoms with Crippen LogP contribution < -0.4 is 10.5 Å². The Morgan fingerprint density at radius 2 is 2.10 bits per heavy atom. The minimum Gasteiger partial charge on any atom is -0.438 e. The molecule has 1 aromatic heterocycles. The lowest BCUT2D eigenvalue weighted by Crippen LogP contribution is -2.08. The third kappa shape index (κ3) is 2.48. The molecule has 0 radical (unpaired) electrons. The molecule has 0 aliphatic rings. The fourth-order valence-electron chi connectivity index (χ4n) is 2.12. The molecule has 0 aliphatic heterocycles. The van der Waals surface area contributed by atoms with Crippen molar-refractivity contribution in [2.45, 2.75) is 33.2 Å². The molecule has 0 saturated carbocycles. The Morgan fingerprint density at radius 1 is 1.40 bits per heavy atom. The molecule has 2 N–H and O–H groups in total. The summed E-state index contributed by atoms with van der Waals surface area (Å²) in [5.74, 6) is 1.30. The van der Waals surface area contributed by atoms with Crippen molar-refractivity contribution < 1.29 is 4.74 Å². The summed E-state index contributed by atoms with van der Waals surface area (Å²) in [5.41, 5.74) is 8.06. The van der Waals surface area contributed by atoms with Crippen LogP contribution in [0.15, 0.2) is 30.3 Å². The predicted octanol–water partition coefficient (Wildman–Crippen LogP) is 4.01. The summed E-state index contributed by atoms with van der Waals surface area (Å²) < 4.78 is 7.83. The number of ether oxygens (including phenoxy) is 1. The van der Waals surface area contributed by atoms with Gasteiger partial charge in [-0.25, -0.2) is 0 Å². The first-order valence-corrected chi connectivity index (χ1v) is 6.72. The number of nitrogens with two attached hydrogens (primary N) is 1. The Kier molecular flexibility index (Phi) is 3.99. The quantitative estimate of drug-likeness (QED) is 0.911. The number of nitrogen functional groups attached to an aromatic ring is 1. The van der Waals surface area contributed by atoms with Gasteiger partial charge in [0.1, 0.15) is 17.5 Å². The molecule has 4 heteroatoms. The summed E-state index contributed by atoms with van der Waals surface area (Å²) >= 11 is 0. The number of nitrogens with zero attached hydrogens (tertiary/aromatic N) is 2. The lowest BCUT2D eigenvalue weighted by molar-refractivity contribution is 0.396. The van der Waals surface area contributed by atoms with Crippen LogP contribution >= 0.6 is 0 Å². The van der Waals surface area contributed by atoms with Crippen molar-refractivity contribution in [1.82, 2.24) is 4.57 Å². The molecule has 20 heavy (non-hydrogen) atoms. The van der Waals surface area contributed by atoms with Gasteiger partial charge in [0, 0.05) is 12.1 Å². The highest BCUT2D eigenvalue weighted by Gasteiger charge is 2.19. The number of aryl methyl sites for hydroxylation is 1. The molecule has 1 heterocycles. The lowest BCUT2D eigenvalue weighted by Gasteiger charge is -2.18. The summed E-state index contributed by atoms with van der Waals surface area (Å²) in [6.45, 7) is 6.10. The number of hydrogen-bond donors (Lipinski definition) is 1. The second-order valence-corrected chi connectivity index (χ2v) is 4.90. The van der Waals surface area contributed by atoms with E-state index in [1.165, 1.54) is 0 Å². The topological polar surface area (TPSA) is 64.0 Å². The number of anilines is 1. The predicted molar refractivity (Wildman–Crippen MR) is 79.8 cm³/mol. The number of rotatable bonds is 4. The molecule has 2 aromatic rings. The number of nitriles is 1. The first-order valence-electron chi connectivity index (χ1n) is 6.72. The third-order valence-corrected chi connectivity index (χ3v) is 3.46. The van der Waals surface area contributed by atoms with Crippen LogP contribution in [0.1, 0.15) is 37.6 Å². The number of hydrogen-bond acceptors (Lipinski definition) is 3. The molecule has 0 spiro atoms. The summed E-state index contributed by atoms with van der Waals surface area (Å²) in [6, 6.07) is 11.7. The maximum atomic E-state index is 9.24. The smallest absolute Gasteiger partial charge is 0.224 e. The van der Waals surface area contributed by atoms with E-state index < -0.39 is 0 Å². The molecule has 1 unspecified atom stereocenters. The van der Waals surface area contributed by atoms with Crippen molar-refractivity contribution in [1.29, 1.82) is 5.26 Å². The number of para-hydroxylation sites is 1. The summed E-state index contributed by atoms with van der Waals surface area (Å²) in [7, 11) is 0. The second-order valence-electron chi connectivity index (χ2n) is 4.90. The van der Waals surface area contributed by atoms with Gasteiger partial charge in [-0.1, -0.05) is 25.1 Å². The highest BCUT2D eigenvalue weighted by Crippen LogP contribution is 2.35. The minimum absolute atomic E-state index is 0.154. The maximum absolute atomic E-state index is 9.24. The van der Waals surface area contributed by atoms with Gasteiger partial charge in [-0.3, -0.25) is 4.57 Å². The zero-order valence-electron chi connectivity index (χ0n) is 12.1. The van der Waals surface area contributed by atoms with E-state index in [1.54, 1.807) is 6.07 Å². The molecule has 0 fully saturated rings. The Labute approximate surface area is 119 Å². The van der Waals surface area contributed by atoms with Crippen LogP contribution in [0, 0.1) is 18.3 Å². The van der Waals surface area contributed by atoms with E-state index in [1.807, 2.05) is 42.7 Å². The van der Waals surface area contributed by atoms with E-state index in [-0.39, 0.29) is 6.04 Å². The summed E-state index contributed by atoms with van der Waals surface area (Å²) in [4.78, 5) is 0. The van der Waals surface area contributed by atoms with E-state index in [0.717, 1.165) is 17.7 Å². The van der Waals surface area contributed by atoms with Gasteiger partial charge in [0.2, 0.25) is 5.88 Å². The van der Waals surface area contributed by atoms with E-state index in [0.29, 0.717) is 17.3 Å². The largest absolute Gasteiger partial charge is 0.438 e. The highest BCUT2D eigenvalue weighted by molar-refractivity contribution is 5.57. The average Bonchev–Trinajstić information content (AvgIpc) is 2.77. The molecule has 104 valence electrons. The van der Waals surface area contributed by atoms with Gasteiger partial charge < -0.3 is 10.5 Å². The molecule has 1 atom stereocenters. The average molecular weight is 269 g/mol. The molecule has 0 bridgehead atoms.